The molecule has 1 saturated carbocycles. The summed E-state index contributed by atoms with van der Waals surface area (Å²) in [7, 11) is 0. The van der Waals surface area contributed by atoms with Crippen molar-refractivity contribution in [1.29, 1.82) is 0 Å². The molecule has 1 fully saturated rings. The van der Waals surface area contributed by atoms with Crippen LogP contribution in [0.2, 0.25) is 0 Å². The average molecular weight is 347 g/mol. The lowest BCUT2D eigenvalue weighted by atomic mass is 10.1. The van der Waals surface area contributed by atoms with Crippen molar-refractivity contribution >= 4 is 5.91 Å². The smallest absolute Gasteiger partial charge is 0.220 e. The fraction of sp³-hybridized carbons (Fsp3) is 0.500. The molecule has 0 aliphatic heterocycles. The maximum absolute atomic E-state index is 13.6. The number of hydrogen-bond acceptors (Lipinski definition) is 5. The van der Waals surface area contributed by atoms with E-state index in [0.717, 1.165) is 12.8 Å². The third-order valence-corrected chi connectivity index (χ3v) is 4.51. The Morgan fingerprint density at radius 2 is 2.08 bits per heavy atom. The highest BCUT2D eigenvalue weighted by Gasteiger charge is 2.22. The molecule has 2 N–H and O–H groups in total. The van der Waals surface area contributed by atoms with Crippen LogP contribution in [0.3, 0.4) is 0 Å². The SMILES string of the molecule is O=C(CCc1nnc(C2CCCC2)o1)NCC(O)c1ccccc1F. The highest BCUT2D eigenvalue weighted by atomic mass is 19.1. The van der Waals surface area contributed by atoms with Crippen LogP contribution in [0.4, 0.5) is 4.39 Å². The van der Waals surface area contributed by atoms with Crippen LogP contribution in [-0.4, -0.2) is 27.8 Å². The number of aromatic nitrogens is 2. The van der Waals surface area contributed by atoms with Gasteiger partial charge in [0.1, 0.15) is 5.82 Å². The van der Waals surface area contributed by atoms with Gasteiger partial charge in [0, 0.05) is 30.9 Å². The van der Waals surface area contributed by atoms with Crippen LogP contribution in [0.1, 0.15) is 61.5 Å². The van der Waals surface area contributed by atoms with Gasteiger partial charge in [0.05, 0.1) is 6.10 Å². The van der Waals surface area contributed by atoms with Crippen LogP contribution in [0.15, 0.2) is 28.7 Å². The molecule has 3 rings (SSSR count). The van der Waals surface area contributed by atoms with Gasteiger partial charge in [-0.3, -0.25) is 4.79 Å². The normalized spacial score (nSPS) is 16.1. The molecule has 1 amide bonds. The molecule has 6 nitrogen and oxygen atoms in total. The van der Waals surface area contributed by atoms with Gasteiger partial charge in [-0.25, -0.2) is 4.39 Å². The number of halogens is 1. The van der Waals surface area contributed by atoms with E-state index in [0.29, 0.717) is 24.1 Å². The Morgan fingerprint density at radius 3 is 2.84 bits per heavy atom. The number of aliphatic hydroxyl groups excluding tert-OH is 1. The van der Waals surface area contributed by atoms with E-state index in [4.69, 9.17) is 4.42 Å². The topological polar surface area (TPSA) is 88.2 Å². The minimum absolute atomic E-state index is 0.0447. The molecule has 1 aromatic heterocycles. The summed E-state index contributed by atoms with van der Waals surface area (Å²) in [5.74, 6) is 0.728. The fourth-order valence-corrected chi connectivity index (χ4v) is 3.08. The second kappa shape index (κ2) is 8.20. The second-order valence-corrected chi connectivity index (χ2v) is 6.36. The fourth-order valence-electron chi connectivity index (χ4n) is 3.08. The summed E-state index contributed by atoms with van der Waals surface area (Å²) < 4.78 is 19.2. The third-order valence-electron chi connectivity index (χ3n) is 4.51. The Morgan fingerprint density at radius 1 is 1.32 bits per heavy atom. The molecule has 1 heterocycles. The molecule has 1 unspecified atom stereocenters. The van der Waals surface area contributed by atoms with Crippen LogP contribution in [0.5, 0.6) is 0 Å². The highest BCUT2D eigenvalue weighted by molar-refractivity contribution is 5.76. The van der Waals surface area contributed by atoms with Crippen molar-refractivity contribution in [2.24, 2.45) is 0 Å². The van der Waals surface area contributed by atoms with Crippen molar-refractivity contribution in [3.05, 3.63) is 47.4 Å². The molecular formula is C18H22FN3O3. The minimum Gasteiger partial charge on any atom is -0.425 e. The maximum atomic E-state index is 13.6. The van der Waals surface area contributed by atoms with Crippen LogP contribution < -0.4 is 5.32 Å². The molecule has 25 heavy (non-hydrogen) atoms. The summed E-state index contributed by atoms with van der Waals surface area (Å²) >= 11 is 0. The zero-order valence-corrected chi connectivity index (χ0v) is 13.9. The van der Waals surface area contributed by atoms with Gasteiger partial charge in [-0.15, -0.1) is 10.2 Å². The van der Waals surface area contributed by atoms with Gasteiger partial charge in [0.25, 0.3) is 0 Å². The molecule has 0 spiro atoms. The number of rotatable bonds is 7. The molecule has 1 aliphatic rings. The number of carbonyl (C=O) groups excluding carboxylic acids is 1. The van der Waals surface area contributed by atoms with Crippen molar-refractivity contribution in [2.75, 3.05) is 6.54 Å². The number of aliphatic hydroxyl groups is 1. The standard InChI is InChI=1S/C18H22FN3O3/c19-14-8-4-3-7-13(14)15(23)11-20-16(24)9-10-17-21-22-18(25-17)12-5-1-2-6-12/h3-4,7-8,12,15,23H,1-2,5-6,9-11H2,(H,20,24). The van der Waals surface area contributed by atoms with Crippen molar-refractivity contribution in [3.63, 3.8) is 0 Å². The van der Waals surface area contributed by atoms with Gasteiger partial charge in [-0.1, -0.05) is 31.0 Å². The minimum atomic E-state index is -1.08. The van der Waals surface area contributed by atoms with E-state index in [1.165, 1.54) is 25.0 Å². The summed E-state index contributed by atoms with van der Waals surface area (Å²) in [6.45, 7) is -0.0447. The second-order valence-electron chi connectivity index (χ2n) is 6.36. The Balaban J connectivity index is 1.43. The quantitative estimate of drug-likeness (QED) is 0.804. The zero-order chi connectivity index (χ0) is 17.6. The molecule has 1 aromatic carbocycles. The molecule has 1 atom stereocenters. The van der Waals surface area contributed by atoms with Crippen molar-refractivity contribution in [2.45, 2.75) is 50.5 Å². The summed E-state index contributed by atoms with van der Waals surface area (Å²) in [5, 5.41) is 20.6. The number of benzene rings is 1. The lowest BCUT2D eigenvalue weighted by molar-refractivity contribution is -0.121. The Labute approximate surface area is 145 Å². The Bertz CT molecular complexity index is 713. The van der Waals surface area contributed by atoms with Gasteiger partial charge in [-0.2, -0.15) is 0 Å². The summed E-state index contributed by atoms with van der Waals surface area (Å²) in [5.41, 5.74) is 0.168. The first-order valence-electron chi connectivity index (χ1n) is 8.65. The van der Waals surface area contributed by atoms with Gasteiger partial charge in [0.15, 0.2) is 0 Å². The van der Waals surface area contributed by atoms with Crippen molar-refractivity contribution < 1.29 is 18.7 Å². The number of nitrogens with one attached hydrogen (secondary N) is 1. The first-order chi connectivity index (χ1) is 12.1. The number of aryl methyl sites for hydroxylation is 1. The molecule has 1 aliphatic carbocycles. The number of nitrogens with zero attached hydrogens (tertiary/aromatic N) is 2. The zero-order valence-electron chi connectivity index (χ0n) is 13.9. The van der Waals surface area contributed by atoms with Crippen LogP contribution in [0.25, 0.3) is 0 Å². The molecule has 7 heteroatoms. The Kier molecular flexibility index (Phi) is 5.75. The molecular weight excluding hydrogens is 325 g/mol. The van der Waals surface area contributed by atoms with Crippen molar-refractivity contribution in [3.8, 4) is 0 Å². The van der Waals surface area contributed by atoms with Gasteiger partial charge in [0.2, 0.25) is 17.7 Å². The predicted octanol–water partition coefficient (Wildman–Crippen LogP) is 2.65. The van der Waals surface area contributed by atoms with Crippen molar-refractivity contribution in [1.82, 2.24) is 15.5 Å². The van der Waals surface area contributed by atoms with E-state index < -0.39 is 11.9 Å². The molecule has 0 bridgehead atoms. The van der Waals surface area contributed by atoms with Gasteiger partial charge < -0.3 is 14.8 Å². The van der Waals surface area contributed by atoms with Gasteiger partial charge in [-0.05, 0) is 18.9 Å². The van der Waals surface area contributed by atoms with Crippen LogP contribution in [-0.2, 0) is 11.2 Å². The first kappa shape index (κ1) is 17.5. The predicted molar refractivity (Wildman–Crippen MR) is 88.2 cm³/mol. The molecule has 2 aromatic rings. The molecule has 0 radical (unpaired) electrons. The van der Waals surface area contributed by atoms with E-state index in [2.05, 4.69) is 15.5 Å². The maximum Gasteiger partial charge on any atom is 0.220 e. The lowest BCUT2D eigenvalue weighted by Crippen LogP contribution is -2.28. The lowest BCUT2D eigenvalue weighted by Gasteiger charge is -2.12. The van der Waals surface area contributed by atoms with E-state index in [-0.39, 0.29) is 24.4 Å². The number of amides is 1. The van der Waals surface area contributed by atoms with Gasteiger partial charge >= 0.3 is 0 Å². The highest BCUT2D eigenvalue weighted by Crippen LogP contribution is 2.33. The van der Waals surface area contributed by atoms with E-state index in [1.54, 1.807) is 12.1 Å². The van der Waals surface area contributed by atoms with Crippen LogP contribution in [0, 0.1) is 5.82 Å². The van der Waals surface area contributed by atoms with E-state index >= 15 is 0 Å². The summed E-state index contributed by atoms with van der Waals surface area (Å²) in [6, 6.07) is 5.96. The monoisotopic (exact) mass is 347 g/mol. The summed E-state index contributed by atoms with van der Waals surface area (Å²) in [4.78, 5) is 11.9. The molecule has 134 valence electrons. The van der Waals surface area contributed by atoms with Crippen LogP contribution >= 0.6 is 0 Å². The first-order valence-corrected chi connectivity index (χ1v) is 8.65. The number of hydrogen-bond donors (Lipinski definition) is 2. The van der Waals surface area contributed by atoms with E-state index in [1.807, 2.05) is 0 Å². The molecule has 0 saturated heterocycles. The average Bonchev–Trinajstić information content (AvgIpc) is 3.29. The largest absolute Gasteiger partial charge is 0.425 e. The third kappa shape index (κ3) is 4.63. The number of carbonyl (C=O) groups is 1. The Hall–Kier alpha value is -2.28. The summed E-state index contributed by atoms with van der Waals surface area (Å²) in [6.07, 6.45) is 3.98. The van der Waals surface area contributed by atoms with E-state index in [9.17, 15) is 14.3 Å².